The highest BCUT2D eigenvalue weighted by Crippen LogP contribution is 2.52. The molecule has 0 N–H and O–H groups in total. The molecule has 2 heterocycles. The average molecular weight is 380 g/mol. The maximum absolute atomic E-state index is 13.4. The van der Waals surface area contributed by atoms with Crippen LogP contribution in [0.15, 0.2) is 17.3 Å². The van der Waals surface area contributed by atoms with Gasteiger partial charge in [0.25, 0.3) is 0 Å². The molecule has 2 unspecified atom stereocenters. The fraction of sp³-hybridized carbons (Fsp3) is 0.545. The molecule has 1 amide bonds. The maximum atomic E-state index is 13.4. The fourth-order valence-corrected chi connectivity index (χ4v) is 5.24. The minimum Gasteiger partial charge on any atom is -0.444 e. The Morgan fingerprint density at radius 3 is 2.50 bits per heavy atom. The minimum atomic E-state index is -0.583. The molecule has 0 saturated heterocycles. The van der Waals surface area contributed by atoms with E-state index in [0.717, 1.165) is 41.7 Å². The number of rotatable bonds is 0. The normalized spacial score (nSPS) is 25.6. The van der Waals surface area contributed by atoms with Gasteiger partial charge in [-0.2, -0.15) is 0 Å². The van der Waals surface area contributed by atoms with E-state index in [1.807, 2.05) is 20.8 Å². The quantitative estimate of drug-likeness (QED) is 0.689. The second-order valence-electron chi connectivity index (χ2n) is 9.32. The molecular formula is C22H24N2O4. The summed E-state index contributed by atoms with van der Waals surface area (Å²) in [5.41, 5.74) is 3.34. The zero-order chi connectivity index (χ0) is 19.8. The molecule has 1 aliphatic heterocycles. The molecule has 6 nitrogen and oxygen atoms in total. The molecule has 1 fully saturated rings. The van der Waals surface area contributed by atoms with Crippen LogP contribution in [-0.4, -0.2) is 39.7 Å². The topological polar surface area (TPSA) is 76.6 Å². The first kappa shape index (κ1) is 17.6. The van der Waals surface area contributed by atoms with E-state index in [4.69, 9.17) is 4.74 Å². The van der Waals surface area contributed by atoms with Crippen molar-refractivity contribution < 1.29 is 19.1 Å². The van der Waals surface area contributed by atoms with Gasteiger partial charge in [-0.05, 0) is 51.9 Å². The van der Waals surface area contributed by atoms with Gasteiger partial charge < -0.3 is 9.64 Å². The highest BCUT2D eigenvalue weighted by molar-refractivity contribution is 6.28. The fourth-order valence-electron chi connectivity index (χ4n) is 5.24. The van der Waals surface area contributed by atoms with Crippen molar-refractivity contribution in [2.24, 2.45) is 11.8 Å². The number of hydrogen-bond acceptors (Lipinski definition) is 5. The van der Waals surface area contributed by atoms with E-state index in [1.54, 1.807) is 11.1 Å². The van der Waals surface area contributed by atoms with Crippen LogP contribution in [0.2, 0.25) is 0 Å². The van der Waals surface area contributed by atoms with E-state index in [1.165, 1.54) is 0 Å². The van der Waals surface area contributed by atoms with Gasteiger partial charge in [0.2, 0.25) is 0 Å². The van der Waals surface area contributed by atoms with Gasteiger partial charge >= 0.3 is 6.09 Å². The standard InChI is InChI=1S/C22H24N2O4/c1-22(2,3)28-21(27)24-7-6-15-14(10-24)18-13(9-23-15)19(25)16-11-4-5-12(8-11)17(16)20(18)26/h9,11-12H,4-8,10H2,1-3H3. The van der Waals surface area contributed by atoms with Gasteiger partial charge in [-0.15, -0.1) is 0 Å². The van der Waals surface area contributed by atoms with Gasteiger partial charge in [0.15, 0.2) is 11.6 Å². The van der Waals surface area contributed by atoms with Crippen LogP contribution in [0.1, 0.15) is 72.0 Å². The smallest absolute Gasteiger partial charge is 0.410 e. The summed E-state index contributed by atoms with van der Waals surface area (Å²) in [6.45, 7) is 6.25. The highest BCUT2D eigenvalue weighted by Gasteiger charge is 2.49. The summed E-state index contributed by atoms with van der Waals surface area (Å²) in [5.74, 6) is 0.417. The summed E-state index contributed by atoms with van der Waals surface area (Å²) >= 11 is 0. The first-order chi connectivity index (χ1) is 13.2. The van der Waals surface area contributed by atoms with Crippen molar-refractivity contribution in [1.82, 2.24) is 9.88 Å². The lowest BCUT2D eigenvalue weighted by Gasteiger charge is -2.33. The van der Waals surface area contributed by atoms with Crippen LogP contribution in [0, 0.1) is 11.8 Å². The third-order valence-corrected chi connectivity index (χ3v) is 6.39. The molecule has 2 bridgehead atoms. The highest BCUT2D eigenvalue weighted by atomic mass is 16.6. The number of hydrogen-bond donors (Lipinski definition) is 0. The molecule has 28 heavy (non-hydrogen) atoms. The molecule has 1 saturated carbocycles. The molecule has 6 heteroatoms. The van der Waals surface area contributed by atoms with Crippen molar-refractivity contribution >= 4 is 17.7 Å². The van der Waals surface area contributed by atoms with Crippen molar-refractivity contribution in [3.63, 3.8) is 0 Å². The molecule has 0 aromatic carbocycles. The third kappa shape index (κ3) is 2.46. The van der Waals surface area contributed by atoms with E-state index >= 15 is 0 Å². The van der Waals surface area contributed by atoms with Crippen molar-refractivity contribution in [3.8, 4) is 0 Å². The van der Waals surface area contributed by atoms with Crippen LogP contribution in [0.4, 0.5) is 4.79 Å². The number of fused-ring (bicyclic) bond motifs is 7. The van der Waals surface area contributed by atoms with Gasteiger partial charge in [0.05, 0.1) is 12.1 Å². The monoisotopic (exact) mass is 380 g/mol. The van der Waals surface area contributed by atoms with Crippen molar-refractivity contribution in [1.29, 1.82) is 0 Å². The Kier molecular flexibility index (Phi) is 3.61. The number of carbonyl (C=O) groups is 3. The van der Waals surface area contributed by atoms with Crippen LogP contribution in [0.3, 0.4) is 0 Å². The molecule has 4 aliphatic rings. The van der Waals surface area contributed by atoms with Crippen LogP contribution in [0.25, 0.3) is 0 Å². The molecule has 0 spiro atoms. The van der Waals surface area contributed by atoms with Gasteiger partial charge in [0.1, 0.15) is 5.60 Å². The number of carbonyl (C=O) groups excluding carboxylic acids is 3. The first-order valence-electron chi connectivity index (χ1n) is 10.1. The molecule has 3 aliphatic carbocycles. The largest absolute Gasteiger partial charge is 0.444 e. The van der Waals surface area contributed by atoms with E-state index < -0.39 is 11.7 Å². The average Bonchev–Trinajstić information content (AvgIpc) is 3.25. The van der Waals surface area contributed by atoms with Gasteiger partial charge in [0, 0.05) is 47.1 Å². The number of amides is 1. The number of ether oxygens (including phenoxy) is 1. The Bertz CT molecular complexity index is 969. The minimum absolute atomic E-state index is 0.0125. The van der Waals surface area contributed by atoms with Crippen LogP contribution >= 0.6 is 0 Å². The molecule has 1 aromatic rings. The lowest BCUT2D eigenvalue weighted by Crippen LogP contribution is -2.41. The van der Waals surface area contributed by atoms with Crippen LogP contribution < -0.4 is 0 Å². The SMILES string of the molecule is CC(C)(C)OC(=O)N1CCc2ncc3c(c2C1)C(=O)C1=C(C3=O)C2CCC1C2. The summed E-state index contributed by atoms with van der Waals surface area (Å²) in [5, 5.41) is 0. The molecule has 0 radical (unpaired) electrons. The van der Waals surface area contributed by atoms with E-state index in [2.05, 4.69) is 4.98 Å². The number of pyridine rings is 1. The Hall–Kier alpha value is -2.50. The van der Waals surface area contributed by atoms with E-state index in [-0.39, 0.29) is 29.9 Å². The Labute approximate surface area is 164 Å². The number of Topliss-reactive ketones (excluding diaryl/α,β-unsaturated/α-hetero) is 2. The summed E-state index contributed by atoms with van der Waals surface area (Å²) in [6.07, 6.45) is 4.66. The number of aromatic nitrogens is 1. The molecular weight excluding hydrogens is 356 g/mol. The van der Waals surface area contributed by atoms with E-state index in [0.29, 0.717) is 24.1 Å². The number of nitrogens with zero attached hydrogens (tertiary/aromatic N) is 2. The number of allylic oxidation sites excluding steroid dienone is 2. The molecule has 146 valence electrons. The van der Waals surface area contributed by atoms with Crippen LogP contribution in [-0.2, 0) is 17.7 Å². The van der Waals surface area contributed by atoms with Crippen molar-refractivity contribution in [2.75, 3.05) is 6.54 Å². The summed E-state index contributed by atoms with van der Waals surface area (Å²) in [6, 6.07) is 0. The van der Waals surface area contributed by atoms with Crippen molar-refractivity contribution in [2.45, 2.75) is 58.6 Å². The number of ketones is 2. The Morgan fingerprint density at radius 2 is 1.82 bits per heavy atom. The second kappa shape index (κ2) is 5.75. The maximum Gasteiger partial charge on any atom is 0.410 e. The van der Waals surface area contributed by atoms with Gasteiger partial charge in [-0.25, -0.2) is 4.79 Å². The summed E-state index contributed by atoms with van der Waals surface area (Å²) < 4.78 is 5.50. The molecule has 5 rings (SSSR count). The Morgan fingerprint density at radius 1 is 1.14 bits per heavy atom. The summed E-state index contributed by atoms with van der Waals surface area (Å²) in [7, 11) is 0. The Balaban J connectivity index is 1.54. The van der Waals surface area contributed by atoms with Crippen LogP contribution in [0.5, 0.6) is 0 Å². The summed E-state index contributed by atoms with van der Waals surface area (Å²) in [4.78, 5) is 45.2. The predicted octanol–water partition coefficient (Wildman–Crippen LogP) is 3.48. The van der Waals surface area contributed by atoms with Crippen molar-refractivity contribution in [3.05, 3.63) is 39.7 Å². The first-order valence-corrected chi connectivity index (χ1v) is 10.1. The molecule has 2 atom stereocenters. The predicted molar refractivity (Wildman–Crippen MR) is 101 cm³/mol. The second-order valence-corrected chi connectivity index (χ2v) is 9.32. The lowest BCUT2D eigenvalue weighted by molar-refractivity contribution is 0.0221. The zero-order valence-corrected chi connectivity index (χ0v) is 16.5. The third-order valence-electron chi connectivity index (χ3n) is 6.39. The molecule has 1 aromatic heterocycles. The van der Waals surface area contributed by atoms with Gasteiger partial charge in [-0.3, -0.25) is 14.6 Å². The lowest BCUT2D eigenvalue weighted by atomic mass is 9.76. The zero-order valence-electron chi connectivity index (χ0n) is 16.5. The van der Waals surface area contributed by atoms with Gasteiger partial charge in [-0.1, -0.05) is 0 Å². The van der Waals surface area contributed by atoms with E-state index in [9.17, 15) is 14.4 Å².